The zero-order chi connectivity index (χ0) is 13.9. The van der Waals surface area contributed by atoms with Gasteiger partial charge in [-0.1, -0.05) is 30.3 Å². The van der Waals surface area contributed by atoms with E-state index >= 15 is 0 Å². The van der Waals surface area contributed by atoms with Gasteiger partial charge in [0.25, 0.3) is 0 Å². The molecule has 1 aromatic heterocycles. The molecule has 0 aliphatic heterocycles. The third kappa shape index (κ3) is 2.45. The maximum Gasteiger partial charge on any atom is 0.220 e. The van der Waals surface area contributed by atoms with Gasteiger partial charge in [0.15, 0.2) is 11.6 Å². The van der Waals surface area contributed by atoms with E-state index in [1.165, 1.54) is 6.07 Å². The number of alkyl halides is 1. The standard InChI is InChI=1S/C16H11ClFNO/c17-10-11-9-16(19-14-7-3-1-5-12(11)14)20-15-8-4-2-6-13(15)18/h1-9H,10H2. The molecule has 0 aliphatic rings. The highest BCUT2D eigenvalue weighted by molar-refractivity contribution is 6.18. The summed E-state index contributed by atoms with van der Waals surface area (Å²) in [7, 11) is 0. The molecule has 0 aliphatic carbocycles. The van der Waals surface area contributed by atoms with Crippen molar-refractivity contribution in [2.75, 3.05) is 0 Å². The Bertz CT molecular complexity index is 760. The molecule has 0 amide bonds. The first-order valence-electron chi connectivity index (χ1n) is 6.15. The predicted molar refractivity (Wildman–Crippen MR) is 77.8 cm³/mol. The van der Waals surface area contributed by atoms with E-state index in [-0.39, 0.29) is 5.75 Å². The number of rotatable bonds is 3. The van der Waals surface area contributed by atoms with Crippen molar-refractivity contribution in [3.63, 3.8) is 0 Å². The lowest BCUT2D eigenvalue weighted by molar-refractivity contribution is 0.429. The van der Waals surface area contributed by atoms with E-state index in [2.05, 4.69) is 4.98 Å². The fourth-order valence-electron chi connectivity index (χ4n) is 2.02. The van der Waals surface area contributed by atoms with Crippen molar-refractivity contribution >= 4 is 22.5 Å². The Labute approximate surface area is 120 Å². The van der Waals surface area contributed by atoms with Gasteiger partial charge in [0.1, 0.15) is 0 Å². The van der Waals surface area contributed by atoms with Crippen LogP contribution in [0.5, 0.6) is 11.6 Å². The molecule has 0 N–H and O–H groups in total. The summed E-state index contributed by atoms with van der Waals surface area (Å²) in [5.41, 5.74) is 1.68. The Morgan fingerprint density at radius 1 is 1.05 bits per heavy atom. The Hall–Kier alpha value is -2.13. The topological polar surface area (TPSA) is 22.1 Å². The van der Waals surface area contributed by atoms with Crippen LogP contribution in [0.1, 0.15) is 5.56 Å². The van der Waals surface area contributed by atoms with E-state index in [0.29, 0.717) is 11.8 Å². The van der Waals surface area contributed by atoms with Gasteiger partial charge in [-0.05, 0) is 23.8 Å². The Kier molecular flexibility index (Phi) is 3.52. The summed E-state index contributed by atoms with van der Waals surface area (Å²) in [6.45, 7) is 0. The van der Waals surface area contributed by atoms with Gasteiger partial charge < -0.3 is 4.74 Å². The zero-order valence-corrected chi connectivity index (χ0v) is 11.3. The van der Waals surface area contributed by atoms with Crippen molar-refractivity contribution in [2.24, 2.45) is 0 Å². The SMILES string of the molecule is Fc1ccccc1Oc1cc(CCl)c2ccccc2n1. The highest BCUT2D eigenvalue weighted by atomic mass is 35.5. The van der Waals surface area contributed by atoms with Gasteiger partial charge in [0.2, 0.25) is 5.88 Å². The number of para-hydroxylation sites is 2. The van der Waals surface area contributed by atoms with Crippen molar-refractivity contribution in [2.45, 2.75) is 5.88 Å². The van der Waals surface area contributed by atoms with Crippen LogP contribution in [0, 0.1) is 5.82 Å². The summed E-state index contributed by atoms with van der Waals surface area (Å²) in [6.07, 6.45) is 0. The normalized spacial score (nSPS) is 10.7. The molecule has 0 atom stereocenters. The first-order chi connectivity index (χ1) is 9.78. The quantitative estimate of drug-likeness (QED) is 0.639. The molecule has 0 bridgehead atoms. The highest BCUT2D eigenvalue weighted by Gasteiger charge is 2.08. The van der Waals surface area contributed by atoms with E-state index in [4.69, 9.17) is 16.3 Å². The predicted octanol–water partition coefficient (Wildman–Crippen LogP) is 4.91. The fourth-order valence-corrected chi connectivity index (χ4v) is 2.24. The average molecular weight is 288 g/mol. The number of nitrogens with zero attached hydrogens (tertiary/aromatic N) is 1. The van der Waals surface area contributed by atoms with Crippen LogP contribution < -0.4 is 4.74 Å². The molecule has 4 heteroatoms. The Morgan fingerprint density at radius 2 is 1.80 bits per heavy atom. The van der Waals surface area contributed by atoms with Gasteiger partial charge in [0, 0.05) is 17.3 Å². The summed E-state index contributed by atoms with van der Waals surface area (Å²) in [4.78, 5) is 4.37. The van der Waals surface area contributed by atoms with Gasteiger partial charge in [-0.15, -0.1) is 11.6 Å². The van der Waals surface area contributed by atoms with Crippen molar-refractivity contribution in [3.05, 3.63) is 66.0 Å². The van der Waals surface area contributed by atoms with Gasteiger partial charge in [0.05, 0.1) is 5.52 Å². The van der Waals surface area contributed by atoms with E-state index in [1.807, 2.05) is 24.3 Å². The molecular weight excluding hydrogens is 277 g/mol. The van der Waals surface area contributed by atoms with Crippen LogP contribution >= 0.6 is 11.6 Å². The number of ether oxygens (including phenoxy) is 1. The van der Waals surface area contributed by atoms with E-state index in [1.54, 1.807) is 24.3 Å². The summed E-state index contributed by atoms with van der Waals surface area (Å²) < 4.78 is 19.1. The third-order valence-electron chi connectivity index (χ3n) is 2.97. The number of aromatic nitrogens is 1. The number of halogens is 2. The van der Waals surface area contributed by atoms with E-state index in [9.17, 15) is 4.39 Å². The lowest BCUT2D eigenvalue weighted by Gasteiger charge is -2.09. The number of benzene rings is 2. The van der Waals surface area contributed by atoms with Gasteiger partial charge in [-0.2, -0.15) is 0 Å². The van der Waals surface area contributed by atoms with Crippen LogP contribution in [-0.2, 0) is 5.88 Å². The van der Waals surface area contributed by atoms with Gasteiger partial charge in [-0.25, -0.2) is 9.37 Å². The molecular formula is C16H11ClFNO. The van der Waals surface area contributed by atoms with Crippen molar-refractivity contribution < 1.29 is 9.13 Å². The highest BCUT2D eigenvalue weighted by Crippen LogP contribution is 2.27. The van der Waals surface area contributed by atoms with Crippen molar-refractivity contribution in [3.8, 4) is 11.6 Å². The monoisotopic (exact) mass is 287 g/mol. The summed E-state index contributed by atoms with van der Waals surface area (Å²) >= 11 is 5.95. The molecule has 0 saturated heterocycles. The Morgan fingerprint density at radius 3 is 2.60 bits per heavy atom. The minimum atomic E-state index is -0.421. The van der Waals surface area contributed by atoms with Crippen LogP contribution in [0.25, 0.3) is 10.9 Å². The first-order valence-corrected chi connectivity index (χ1v) is 6.68. The number of pyridine rings is 1. The summed E-state index contributed by atoms with van der Waals surface area (Å²) in [6, 6.07) is 15.6. The minimum absolute atomic E-state index is 0.149. The van der Waals surface area contributed by atoms with Crippen molar-refractivity contribution in [1.29, 1.82) is 0 Å². The second-order valence-corrected chi connectivity index (χ2v) is 4.57. The lowest BCUT2D eigenvalue weighted by Crippen LogP contribution is -1.94. The van der Waals surface area contributed by atoms with Crippen molar-refractivity contribution in [1.82, 2.24) is 4.98 Å². The molecule has 0 spiro atoms. The second-order valence-electron chi connectivity index (χ2n) is 4.30. The largest absolute Gasteiger partial charge is 0.436 e. The molecule has 1 heterocycles. The lowest BCUT2D eigenvalue weighted by atomic mass is 10.1. The molecule has 2 aromatic carbocycles. The molecule has 0 radical (unpaired) electrons. The molecule has 0 saturated carbocycles. The number of fused-ring (bicyclic) bond motifs is 1. The molecule has 3 rings (SSSR count). The maximum atomic E-state index is 13.6. The number of hydrogen-bond acceptors (Lipinski definition) is 2. The fraction of sp³-hybridized carbons (Fsp3) is 0.0625. The maximum absolute atomic E-state index is 13.6. The van der Waals surface area contributed by atoms with Crippen LogP contribution in [0.3, 0.4) is 0 Å². The van der Waals surface area contributed by atoms with E-state index < -0.39 is 5.82 Å². The summed E-state index contributed by atoms with van der Waals surface area (Å²) in [5.74, 6) is 0.409. The van der Waals surface area contributed by atoms with E-state index in [0.717, 1.165) is 16.5 Å². The molecule has 100 valence electrons. The first kappa shape index (κ1) is 12.9. The molecule has 0 unspecified atom stereocenters. The van der Waals surface area contributed by atoms with Crippen LogP contribution in [0.15, 0.2) is 54.6 Å². The zero-order valence-electron chi connectivity index (χ0n) is 10.5. The van der Waals surface area contributed by atoms with Crippen LogP contribution in [0.4, 0.5) is 4.39 Å². The van der Waals surface area contributed by atoms with Crippen LogP contribution in [0.2, 0.25) is 0 Å². The van der Waals surface area contributed by atoms with Gasteiger partial charge >= 0.3 is 0 Å². The minimum Gasteiger partial charge on any atom is -0.436 e. The third-order valence-corrected chi connectivity index (χ3v) is 3.26. The Balaban J connectivity index is 2.06. The van der Waals surface area contributed by atoms with Gasteiger partial charge in [-0.3, -0.25) is 0 Å². The number of hydrogen-bond donors (Lipinski definition) is 0. The molecule has 0 fully saturated rings. The average Bonchev–Trinajstić information content (AvgIpc) is 2.49. The second kappa shape index (κ2) is 5.47. The molecule has 3 aromatic rings. The smallest absolute Gasteiger partial charge is 0.220 e. The molecule has 20 heavy (non-hydrogen) atoms. The van der Waals surface area contributed by atoms with Crippen LogP contribution in [-0.4, -0.2) is 4.98 Å². The molecule has 2 nitrogen and oxygen atoms in total. The summed E-state index contributed by atoms with van der Waals surface area (Å²) in [5, 5.41) is 0.975.